The number of nitrogens with one attached hydrogen (secondary N) is 1. The largest absolute Gasteiger partial charge is 0.496 e. The van der Waals surface area contributed by atoms with Gasteiger partial charge in [0, 0.05) is 17.3 Å². The molecule has 1 aliphatic heterocycles. The van der Waals surface area contributed by atoms with Crippen LogP contribution in [-0.2, 0) is 0 Å². The minimum atomic E-state index is 0.245. The smallest absolute Gasteiger partial charge is 0.165 e. The van der Waals surface area contributed by atoms with Gasteiger partial charge in [-0.2, -0.15) is 9.61 Å². The number of ether oxygens (including phenoxy) is 1. The van der Waals surface area contributed by atoms with Gasteiger partial charge in [-0.1, -0.05) is 18.2 Å². The average Bonchev–Trinajstić information content (AvgIpc) is 3.11. The van der Waals surface area contributed by atoms with Crippen LogP contribution in [0.5, 0.6) is 5.75 Å². The van der Waals surface area contributed by atoms with E-state index in [1.165, 1.54) is 4.90 Å². The summed E-state index contributed by atoms with van der Waals surface area (Å²) in [7, 11) is 1.68. The summed E-state index contributed by atoms with van der Waals surface area (Å²) in [6.07, 6.45) is 1.87. The van der Waals surface area contributed by atoms with E-state index < -0.39 is 0 Å². The lowest BCUT2D eigenvalue weighted by Gasteiger charge is -2.33. The Bertz CT molecular complexity index is 931. The second kappa shape index (κ2) is 7.54. The van der Waals surface area contributed by atoms with E-state index in [1.807, 2.05) is 41.9 Å². The van der Waals surface area contributed by atoms with E-state index in [4.69, 9.17) is 14.8 Å². The summed E-state index contributed by atoms with van der Waals surface area (Å²) in [4.78, 5) is 8.58. The highest BCUT2D eigenvalue weighted by Crippen LogP contribution is 2.33. The molecule has 4 rings (SSSR count). The number of anilines is 1. The number of fused-ring (bicyclic) bond motifs is 1. The van der Waals surface area contributed by atoms with E-state index in [1.54, 1.807) is 7.11 Å². The summed E-state index contributed by atoms with van der Waals surface area (Å²) in [5.41, 5.74) is 3.79. The molecule has 2 N–H and O–H groups in total. The van der Waals surface area contributed by atoms with Gasteiger partial charge in [-0.05, 0) is 13.0 Å². The topological polar surface area (TPSA) is 67.3 Å². The monoisotopic (exact) mass is 368 g/mol. The van der Waals surface area contributed by atoms with Gasteiger partial charge in [-0.3, -0.25) is 0 Å². The number of hydrogen-bond donors (Lipinski definition) is 2. The summed E-state index contributed by atoms with van der Waals surface area (Å²) in [6, 6.07) is 10.1. The fourth-order valence-corrected chi connectivity index (χ4v) is 3.81. The van der Waals surface area contributed by atoms with E-state index in [0.717, 1.165) is 66.8 Å². The number of aryl methyl sites for hydroxylation is 1. The van der Waals surface area contributed by atoms with Crippen molar-refractivity contribution in [2.45, 2.75) is 6.92 Å². The Morgan fingerprint density at radius 3 is 2.70 bits per heavy atom. The molecular formula is C20H26N5O2+. The van der Waals surface area contributed by atoms with Crippen molar-refractivity contribution < 1.29 is 14.7 Å². The first-order valence-electron chi connectivity index (χ1n) is 9.39. The molecule has 7 nitrogen and oxygen atoms in total. The SMILES string of the molecule is COc1ccccc1-c1cnn2c(N3CC[NH+](CCO)CC3)cc(C)nc12. The first kappa shape index (κ1) is 17.8. The molecule has 7 heteroatoms. The Balaban J connectivity index is 1.73. The van der Waals surface area contributed by atoms with Crippen molar-refractivity contribution in [1.82, 2.24) is 14.6 Å². The lowest BCUT2D eigenvalue weighted by Crippen LogP contribution is -3.15. The van der Waals surface area contributed by atoms with Gasteiger partial charge >= 0.3 is 0 Å². The molecule has 0 unspecified atom stereocenters. The number of aliphatic hydroxyl groups is 1. The van der Waals surface area contributed by atoms with Gasteiger partial charge in [0.15, 0.2) is 5.65 Å². The van der Waals surface area contributed by atoms with Crippen molar-refractivity contribution in [3.05, 3.63) is 42.2 Å². The first-order chi connectivity index (χ1) is 13.2. The van der Waals surface area contributed by atoms with Gasteiger partial charge in [-0.15, -0.1) is 0 Å². The average molecular weight is 368 g/mol. The van der Waals surface area contributed by atoms with Crippen molar-refractivity contribution in [3.63, 3.8) is 0 Å². The van der Waals surface area contributed by atoms with Crippen LogP contribution < -0.4 is 14.5 Å². The summed E-state index contributed by atoms with van der Waals surface area (Å²) in [5.74, 6) is 1.89. The standard InChI is InChI=1S/C20H25N5O2/c1-15-13-19(24-9-7-23(8-10-24)11-12-26)25-20(22-15)17(14-21-25)16-5-3-4-6-18(16)27-2/h3-6,13-14,26H,7-12H2,1-2H3/p+1. The predicted molar refractivity (Wildman–Crippen MR) is 105 cm³/mol. The second-order valence-corrected chi connectivity index (χ2v) is 6.96. The fraction of sp³-hybridized carbons (Fsp3) is 0.400. The highest BCUT2D eigenvalue weighted by molar-refractivity contribution is 5.82. The minimum absolute atomic E-state index is 0.245. The van der Waals surface area contributed by atoms with Crippen molar-refractivity contribution in [2.24, 2.45) is 0 Å². The Morgan fingerprint density at radius 1 is 1.19 bits per heavy atom. The minimum Gasteiger partial charge on any atom is -0.496 e. The molecule has 0 spiro atoms. The van der Waals surface area contributed by atoms with Crippen LogP contribution in [0.4, 0.5) is 5.82 Å². The van der Waals surface area contributed by atoms with Crippen LogP contribution in [0.2, 0.25) is 0 Å². The lowest BCUT2D eigenvalue weighted by atomic mass is 10.1. The normalized spacial score (nSPS) is 15.4. The van der Waals surface area contributed by atoms with Crippen LogP contribution in [0.3, 0.4) is 0 Å². The van der Waals surface area contributed by atoms with Crippen molar-refractivity contribution in [1.29, 1.82) is 0 Å². The zero-order chi connectivity index (χ0) is 18.8. The predicted octanol–water partition coefficient (Wildman–Crippen LogP) is 0.411. The molecule has 0 aliphatic carbocycles. The molecule has 3 aromatic rings. The van der Waals surface area contributed by atoms with E-state index in [2.05, 4.69) is 16.1 Å². The van der Waals surface area contributed by atoms with Gasteiger partial charge in [0.05, 0.1) is 51.7 Å². The van der Waals surface area contributed by atoms with E-state index in [9.17, 15) is 0 Å². The van der Waals surface area contributed by atoms with Crippen LogP contribution in [0, 0.1) is 6.92 Å². The van der Waals surface area contributed by atoms with Crippen LogP contribution in [0.25, 0.3) is 16.8 Å². The van der Waals surface area contributed by atoms with Crippen molar-refractivity contribution in [2.75, 3.05) is 51.3 Å². The summed E-state index contributed by atoms with van der Waals surface area (Å²) >= 11 is 0. The lowest BCUT2D eigenvalue weighted by molar-refractivity contribution is -0.900. The van der Waals surface area contributed by atoms with Gasteiger partial charge in [-0.25, -0.2) is 4.98 Å². The number of nitrogens with zero attached hydrogens (tertiary/aromatic N) is 4. The molecule has 3 heterocycles. The summed E-state index contributed by atoms with van der Waals surface area (Å²) < 4.78 is 7.47. The van der Waals surface area contributed by atoms with Gasteiger partial charge in [0.25, 0.3) is 0 Å². The van der Waals surface area contributed by atoms with Gasteiger partial charge < -0.3 is 19.6 Å². The Labute approximate surface area is 158 Å². The molecule has 1 fully saturated rings. The van der Waals surface area contributed by atoms with Gasteiger partial charge in [0.2, 0.25) is 0 Å². The maximum atomic E-state index is 9.17. The number of methoxy groups -OCH3 is 1. The number of rotatable bonds is 5. The highest BCUT2D eigenvalue weighted by Gasteiger charge is 2.23. The maximum Gasteiger partial charge on any atom is 0.165 e. The molecule has 142 valence electrons. The third kappa shape index (κ3) is 3.36. The Kier molecular flexibility index (Phi) is 4.96. The Morgan fingerprint density at radius 2 is 1.96 bits per heavy atom. The summed E-state index contributed by atoms with van der Waals surface area (Å²) in [6.45, 7) is 7.01. The van der Waals surface area contributed by atoms with Crippen LogP contribution in [-0.4, -0.2) is 66.1 Å². The molecule has 0 bridgehead atoms. The molecule has 0 saturated carbocycles. The molecule has 1 aliphatic rings. The van der Waals surface area contributed by atoms with Crippen LogP contribution >= 0.6 is 0 Å². The number of aliphatic hydroxyl groups excluding tert-OH is 1. The number of piperazine rings is 1. The molecule has 0 atom stereocenters. The highest BCUT2D eigenvalue weighted by atomic mass is 16.5. The molecule has 0 radical (unpaired) electrons. The zero-order valence-corrected chi connectivity index (χ0v) is 15.9. The molecule has 1 aromatic carbocycles. The number of quaternary nitrogens is 1. The zero-order valence-electron chi connectivity index (χ0n) is 15.9. The van der Waals surface area contributed by atoms with Crippen molar-refractivity contribution >= 4 is 11.5 Å². The number of para-hydroxylation sites is 1. The fourth-order valence-electron chi connectivity index (χ4n) is 3.81. The summed E-state index contributed by atoms with van der Waals surface area (Å²) in [5, 5.41) is 13.8. The van der Waals surface area contributed by atoms with Crippen molar-refractivity contribution in [3.8, 4) is 16.9 Å². The Hall–Kier alpha value is -2.64. The molecule has 0 amide bonds. The van der Waals surface area contributed by atoms with E-state index in [-0.39, 0.29) is 6.61 Å². The molecule has 1 saturated heterocycles. The molecular weight excluding hydrogens is 342 g/mol. The quantitative estimate of drug-likeness (QED) is 0.683. The van der Waals surface area contributed by atoms with Gasteiger partial charge in [0.1, 0.15) is 18.1 Å². The second-order valence-electron chi connectivity index (χ2n) is 6.96. The van der Waals surface area contributed by atoms with E-state index >= 15 is 0 Å². The molecule has 2 aromatic heterocycles. The first-order valence-corrected chi connectivity index (χ1v) is 9.39. The number of hydrogen-bond acceptors (Lipinski definition) is 5. The maximum absolute atomic E-state index is 9.17. The van der Waals surface area contributed by atoms with Crippen LogP contribution in [0.15, 0.2) is 36.5 Å². The third-order valence-corrected chi connectivity index (χ3v) is 5.24. The number of aromatic nitrogens is 3. The molecule has 27 heavy (non-hydrogen) atoms. The van der Waals surface area contributed by atoms with Crippen LogP contribution in [0.1, 0.15) is 5.69 Å². The number of benzene rings is 1. The van der Waals surface area contributed by atoms with E-state index in [0.29, 0.717) is 0 Å². The third-order valence-electron chi connectivity index (χ3n) is 5.24.